The molecule has 7 heteroatoms. The molecule has 1 atom stereocenters. The van der Waals surface area contributed by atoms with Gasteiger partial charge in [0.25, 0.3) is 0 Å². The fourth-order valence-electron chi connectivity index (χ4n) is 5.08. The molecule has 7 nitrogen and oxygen atoms in total. The Morgan fingerprint density at radius 2 is 1.86 bits per heavy atom. The molecule has 3 aromatic rings. The van der Waals surface area contributed by atoms with Crippen LogP contribution < -0.4 is 16.1 Å². The first-order valence-electron chi connectivity index (χ1n) is 12.4. The van der Waals surface area contributed by atoms with E-state index in [1.165, 1.54) is 0 Å². The van der Waals surface area contributed by atoms with Gasteiger partial charge in [-0.2, -0.15) is 0 Å². The lowest BCUT2D eigenvalue weighted by molar-refractivity contribution is -0.123. The van der Waals surface area contributed by atoms with Crippen molar-refractivity contribution in [3.8, 4) is 5.75 Å². The second-order valence-electron chi connectivity index (χ2n) is 9.82. The fourth-order valence-corrected chi connectivity index (χ4v) is 5.08. The molecule has 1 unspecified atom stereocenters. The number of β-amino-alcohol motifs (C(OH)–C–C–N with tert-alkyl or cyclic N) is 1. The van der Waals surface area contributed by atoms with Crippen molar-refractivity contribution in [2.24, 2.45) is 11.7 Å². The molecule has 1 amide bonds. The van der Waals surface area contributed by atoms with Crippen LogP contribution in [-0.2, 0) is 11.2 Å². The predicted octanol–water partition coefficient (Wildman–Crippen LogP) is 3.20. The van der Waals surface area contributed by atoms with Gasteiger partial charge in [0, 0.05) is 35.9 Å². The zero-order valence-electron chi connectivity index (χ0n) is 19.8. The molecule has 1 saturated carbocycles. The van der Waals surface area contributed by atoms with Gasteiger partial charge in [-0.05, 0) is 68.0 Å². The highest BCUT2D eigenvalue weighted by molar-refractivity contribution is 5.83. The molecule has 2 aliphatic rings. The van der Waals surface area contributed by atoms with Crippen LogP contribution in [0, 0.1) is 5.92 Å². The number of nitrogens with zero attached hydrogens (tertiary/aromatic N) is 1. The van der Waals surface area contributed by atoms with Gasteiger partial charge in [-0.3, -0.25) is 4.79 Å². The average Bonchev–Trinajstić information content (AvgIpc) is 3.69. The number of carbonyl (C=O) groups is 1. The van der Waals surface area contributed by atoms with Crippen molar-refractivity contribution in [1.29, 1.82) is 0 Å². The minimum atomic E-state index is -0.668. The number of ether oxygens (including phenoxy) is 1. The third kappa shape index (κ3) is 5.57. The van der Waals surface area contributed by atoms with Crippen LogP contribution in [0.25, 0.3) is 11.0 Å². The number of rotatable bonds is 9. The van der Waals surface area contributed by atoms with E-state index in [0.717, 1.165) is 60.8 Å². The monoisotopic (exact) mass is 476 g/mol. The van der Waals surface area contributed by atoms with E-state index in [1.54, 1.807) is 6.07 Å². The number of fused-ring (bicyclic) bond motifs is 1. The van der Waals surface area contributed by atoms with Crippen LogP contribution in [0.15, 0.2) is 57.7 Å². The minimum absolute atomic E-state index is 0.0689. The van der Waals surface area contributed by atoms with Gasteiger partial charge in [0.15, 0.2) is 0 Å². The molecule has 0 radical (unpaired) electrons. The Balaban J connectivity index is 1.27. The first-order chi connectivity index (χ1) is 17.0. The summed E-state index contributed by atoms with van der Waals surface area (Å²) in [5.41, 5.74) is 8.56. The highest BCUT2D eigenvalue weighted by atomic mass is 16.5. The van der Waals surface area contributed by atoms with Gasteiger partial charge in [0.2, 0.25) is 5.91 Å². The third-order valence-corrected chi connectivity index (χ3v) is 7.13. The number of aliphatic hydroxyl groups is 1. The Morgan fingerprint density at radius 1 is 1.11 bits per heavy atom. The molecule has 2 aromatic carbocycles. The summed E-state index contributed by atoms with van der Waals surface area (Å²) < 4.78 is 11.6. The van der Waals surface area contributed by atoms with E-state index in [4.69, 9.17) is 14.9 Å². The first kappa shape index (κ1) is 23.6. The molecule has 3 N–H and O–H groups in total. The summed E-state index contributed by atoms with van der Waals surface area (Å²) in [7, 11) is 0. The van der Waals surface area contributed by atoms with Crippen molar-refractivity contribution >= 4 is 16.9 Å². The maximum absolute atomic E-state index is 13.0. The highest BCUT2D eigenvalue weighted by Gasteiger charge is 2.30. The number of hydrogen-bond acceptors (Lipinski definition) is 6. The number of carbonyl (C=O) groups excluding carboxylic acids is 1. The summed E-state index contributed by atoms with van der Waals surface area (Å²) in [5, 5.41) is 11.4. The van der Waals surface area contributed by atoms with Crippen molar-refractivity contribution in [3.05, 3.63) is 75.6 Å². The maximum Gasteiger partial charge on any atom is 0.340 e. The van der Waals surface area contributed by atoms with Crippen LogP contribution in [-0.4, -0.2) is 48.3 Å². The molecule has 2 fully saturated rings. The predicted molar refractivity (Wildman–Crippen MR) is 134 cm³/mol. The van der Waals surface area contributed by atoms with Crippen LogP contribution >= 0.6 is 0 Å². The molecule has 1 aliphatic heterocycles. The van der Waals surface area contributed by atoms with Gasteiger partial charge < -0.3 is 24.9 Å². The van der Waals surface area contributed by atoms with E-state index in [0.29, 0.717) is 30.2 Å². The number of benzene rings is 2. The first-order valence-corrected chi connectivity index (χ1v) is 12.4. The number of aliphatic hydroxyl groups excluding tert-OH is 1. The smallest absolute Gasteiger partial charge is 0.340 e. The Labute approximate surface area is 204 Å². The lowest BCUT2D eigenvalue weighted by Crippen LogP contribution is -2.43. The highest BCUT2D eigenvalue weighted by Crippen LogP contribution is 2.45. The number of piperidine rings is 1. The SMILES string of the molecule is NC(=O)C1CCN(CC(O)COc2ccc3c(C4CC4)c(Cc4ccccc4)c(=O)oc3c2)CC1. The van der Waals surface area contributed by atoms with E-state index in [1.807, 2.05) is 42.5 Å². The van der Waals surface area contributed by atoms with E-state index in [9.17, 15) is 14.7 Å². The molecule has 0 spiro atoms. The van der Waals surface area contributed by atoms with Gasteiger partial charge >= 0.3 is 5.63 Å². The van der Waals surface area contributed by atoms with Crippen molar-refractivity contribution in [3.63, 3.8) is 0 Å². The molecule has 1 aromatic heterocycles. The second kappa shape index (κ2) is 10.2. The molecule has 1 saturated heterocycles. The Kier molecular flexibility index (Phi) is 6.88. The van der Waals surface area contributed by atoms with Gasteiger partial charge in [-0.25, -0.2) is 4.79 Å². The minimum Gasteiger partial charge on any atom is -0.491 e. The summed E-state index contributed by atoms with van der Waals surface area (Å²) in [6, 6.07) is 15.6. The maximum atomic E-state index is 13.0. The lowest BCUT2D eigenvalue weighted by Gasteiger charge is -2.31. The van der Waals surface area contributed by atoms with E-state index < -0.39 is 6.10 Å². The molecule has 5 rings (SSSR count). The van der Waals surface area contributed by atoms with E-state index in [-0.39, 0.29) is 24.1 Å². The summed E-state index contributed by atoms with van der Waals surface area (Å²) in [4.78, 5) is 26.4. The van der Waals surface area contributed by atoms with Gasteiger partial charge in [0.1, 0.15) is 24.0 Å². The summed E-state index contributed by atoms with van der Waals surface area (Å²) in [5.74, 6) is 0.645. The number of amides is 1. The van der Waals surface area contributed by atoms with Gasteiger partial charge in [-0.15, -0.1) is 0 Å². The molecule has 0 bridgehead atoms. The Hall–Kier alpha value is -3.16. The zero-order chi connectivity index (χ0) is 24.4. The zero-order valence-corrected chi connectivity index (χ0v) is 19.8. The molecular formula is C28H32N2O5. The Bertz CT molecular complexity index is 1240. The molecular weight excluding hydrogens is 444 g/mol. The number of likely N-dealkylation sites (tertiary alicyclic amines) is 1. The molecule has 184 valence electrons. The number of primary amides is 1. The van der Waals surface area contributed by atoms with Crippen molar-refractivity contribution < 1.29 is 19.1 Å². The second-order valence-corrected chi connectivity index (χ2v) is 9.82. The molecule has 35 heavy (non-hydrogen) atoms. The van der Waals surface area contributed by atoms with Crippen molar-refractivity contribution in [1.82, 2.24) is 4.90 Å². The largest absolute Gasteiger partial charge is 0.491 e. The molecule has 2 heterocycles. The quantitative estimate of drug-likeness (QED) is 0.460. The normalized spacial score (nSPS) is 18.0. The summed E-state index contributed by atoms with van der Waals surface area (Å²) >= 11 is 0. The standard InChI is InChI=1S/C28H32N2O5/c29-27(32)20-10-12-30(13-11-20)16-21(31)17-34-22-8-9-23-25(15-22)35-28(33)24(26(23)19-6-7-19)14-18-4-2-1-3-5-18/h1-5,8-9,15,19-21,31H,6-7,10-14,16-17H2,(H2,29,32). The van der Waals surface area contributed by atoms with Crippen molar-refractivity contribution in [2.75, 3.05) is 26.2 Å². The van der Waals surface area contributed by atoms with Crippen LogP contribution in [0.2, 0.25) is 0 Å². The average molecular weight is 477 g/mol. The Morgan fingerprint density at radius 3 is 2.54 bits per heavy atom. The number of nitrogens with two attached hydrogens (primary N) is 1. The topological polar surface area (TPSA) is 106 Å². The number of hydrogen-bond donors (Lipinski definition) is 2. The summed E-state index contributed by atoms with van der Waals surface area (Å²) in [6.07, 6.45) is 3.51. The third-order valence-electron chi connectivity index (χ3n) is 7.13. The fraction of sp³-hybridized carbons (Fsp3) is 0.429. The lowest BCUT2D eigenvalue weighted by atomic mass is 9.95. The van der Waals surface area contributed by atoms with E-state index >= 15 is 0 Å². The summed E-state index contributed by atoms with van der Waals surface area (Å²) in [6.45, 7) is 2.08. The van der Waals surface area contributed by atoms with Crippen molar-refractivity contribution in [2.45, 2.75) is 44.1 Å². The van der Waals surface area contributed by atoms with Gasteiger partial charge in [-0.1, -0.05) is 30.3 Å². The van der Waals surface area contributed by atoms with E-state index in [2.05, 4.69) is 4.90 Å². The van der Waals surface area contributed by atoms with Crippen LogP contribution in [0.1, 0.15) is 48.3 Å². The van der Waals surface area contributed by atoms with Crippen LogP contribution in [0.3, 0.4) is 0 Å². The molecule has 1 aliphatic carbocycles. The van der Waals surface area contributed by atoms with Crippen LogP contribution in [0.4, 0.5) is 0 Å². The van der Waals surface area contributed by atoms with Crippen LogP contribution in [0.5, 0.6) is 5.75 Å². The van der Waals surface area contributed by atoms with Gasteiger partial charge in [0.05, 0.1) is 0 Å².